The zero-order valence-corrected chi connectivity index (χ0v) is 12.1. The molecule has 0 bridgehead atoms. The summed E-state index contributed by atoms with van der Waals surface area (Å²) in [4.78, 5) is 14.0. The van der Waals surface area contributed by atoms with Crippen molar-refractivity contribution < 1.29 is 9.53 Å². The first-order valence-corrected chi connectivity index (χ1v) is 6.62. The Morgan fingerprint density at radius 1 is 1.50 bits per heavy atom. The average molecular weight is 257 g/mol. The monoisotopic (exact) mass is 257 g/mol. The highest BCUT2D eigenvalue weighted by atomic mass is 16.5. The molecular weight excluding hydrogens is 230 g/mol. The highest BCUT2D eigenvalue weighted by Gasteiger charge is 2.21. The second kappa shape index (κ2) is 7.07. The van der Waals surface area contributed by atoms with Gasteiger partial charge in [-0.2, -0.15) is 0 Å². The van der Waals surface area contributed by atoms with Crippen molar-refractivity contribution in [2.45, 2.75) is 26.3 Å². The van der Waals surface area contributed by atoms with Crippen LogP contribution < -0.4 is 10.6 Å². The van der Waals surface area contributed by atoms with Gasteiger partial charge in [-0.05, 0) is 19.5 Å². The van der Waals surface area contributed by atoms with Crippen LogP contribution in [0.25, 0.3) is 0 Å². The van der Waals surface area contributed by atoms with E-state index in [-0.39, 0.29) is 17.4 Å². The van der Waals surface area contributed by atoms with Crippen molar-refractivity contribution in [3.05, 3.63) is 0 Å². The van der Waals surface area contributed by atoms with E-state index in [1.807, 2.05) is 14.1 Å². The van der Waals surface area contributed by atoms with Crippen molar-refractivity contribution in [2.24, 2.45) is 5.41 Å². The number of rotatable bonds is 6. The standard InChI is InChI=1S/C13H27N3O2/c1-13(2,10-16(3)4)9-15-12(17)7-11-8-18-6-5-14-11/h11,14H,5-10H2,1-4H3,(H,15,17). The minimum atomic E-state index is 0.0929. The van der Waals surface area contributed by atoms with Crippen LogP contribution in [0.3, 0.4) is 0 Å². The molecule has 5 heteroatoms. The Morgan fingerprint density at radius 2 is 2.22 bits per heavy atom. The summed E-state index contributed by atoms with van der Waals surface area (Å²) >= 11 is 0. The van der Waals surface area contributed by atoms with E-state index in [1.54, 1.807) is 0 Å². The minimum absolute atomic E-state index is 0.0929. The molecule has 0 aliphatic carbocycles. The van der Waals surface area contributed by atoms with Gasteiger partial charge >= 0.3 is 0 Å². The molecule has 106 valence electrons. The molecule has 2 N–H and O–H groups in total. The Bertz CT molecular complexity index is 261. The van der Waals surface area contributed by atoms with E-state index in [1.165, 1.54) is 0 Å². The molecule has 0 radical (unpaired) electrons. The fourth-order valence-corrected chi connectivity index (χ4v) is 2.30. The summed E-state index contributed by atoms with van der Waals surface area (Å²) in [6, 6.07) is 0.163. The van der Waals surface area contributed by atoms with Gasteiger partial charge in [0.2, 0.25) is 5.91 Å². The van der Waals surface area contributed by atoms with Crippen LogP contribution >= 0.6 is 0 Å². The van der Waals surface area contributed by atoms with Crippen LogP contribution in [0.15, 0.2) is 0 Å². The van der Waals surface area contributed by atoms with Gasteiger partial charge in [-0.1, -0.05) is 13.8 Å². The number of ether oxygens (including phenoxy) is 1. The van der Waals surface area contributed by atoms with Crippen LogP contribution in [0.5, 0.6) is 0 Å². The van der Waals surface area contributed by atoms with Crippen molar-refractivity contribution in [3.63, 3.8) is 0 Å². The number of morpholine rings is 1. The van der Waals surface area contributed by atoms with Crippen LogP contribution in [-0.2, 0) is 9.53 Å². The van der Waals surface area contributed by atoms with Gasteiger partial charge in [0.25, 0.3) is 0 Å². The van der Waals surface area contributed by atoms with Gasteiger partial charge < -0.3 is 20.3 Å². The Balaban J connectivity index is 2.23. The smallest absolute Gasteiger partial charge is 0.221 e. The van der Waals surface area contributed by atoms with Crippen molar-refractivity contribution in [3.8, 4) is 0 Å². The first kappa shape index (κ1) is 15.4. The van der Waals surface area contributed by atoms with E-state index < -0.39 is 0 Å². The predicted molar refractivity (Wildman–Crippen MR) is 72.6 cm³/mol. The molecule has 18 heavy (non-hydrogen) atoms. The number of hydrogen-bond acceptors (Lipinski definition) is 4. The summed E-state index contributed by atoms with van der Waals surface area (Å²) in [5, 5.41) is 6.30. The van der Waals surface area contributed by atoms with Gasteiger partial charge in [0.15, 0.2) is 0 Å². The van der Waals surface area contributed by atoms with Gasteiger partial charge in [0.1, 0.15) is 0 Å². The third kappa shape index (κ3) is 6.33. The van der Waals surface area contributed by atoms with Crippen LogP contribution in [0, 0.1) is 5.41 Å². The first-order chi connectivity index (χ1) is 8.39. The Morgan fingerprint density at radius 3 is 2.78 bits per heavy atom. The predicted octanol–water partition coefficient (Wildman–Crippen LogP) is 0.0689. The zero-order valence-electron chi connectivity index (χ0n) is 12.1. The maximum absolute atomic E-state index is 11.8. The van der Waals surface area contributed by atoms with Crippen LogP contribution in [-0.4, -0.2) is 63.8 Å². The van der Waals surface area contributed by atoms with E-state index >= 15 is 0 Å². The highest BCUT2D eigenvalue weighted by molar-refractivity contribution is 5.76. The molecular formula is C13H27N3O2. The Hall–Kier alpha value is -0.650. The number of carbonyl (C=O) groups excluding carboxylic acids is 1. The van der Waals surface area contributed by atoms with Crippen molar-refractivity contribution in [1.29, 1.82) is 0 Å². The summed E-state index contributed by atoms with van der Waals surface area (Å²) in [6.07, 6.45) is 0.498. The van der Waals surface area contributed by atoms with Crippen LogP contribution in [0.4, 0.5) is 0 Å². The summed E-state index contributed by atoms with van der Waals surface area (Å²) < 4.78 is 5.33. The molecule has 0 aromatic rings. The third-order valence-electron chi connectivity index (χ3n) is 2.94. The quantitative estimate of drug-likeness (QED) is 0.707. The van der Waals surface area contributed by atoms with Crippen molar-refractivity contribution in [2.75, 3.05) is 46.9 Å². The number of amides is 1. The zero-order chi connectivity index (χ0) is 13.6. The fourth-order valence-electron chi connectivity index (χ4n) is 2.30. The first-order valence-electron chi connectivity index (χ1n) is 6.62. The van der Waals surface area contributed by atoms with Crippen molar-refractivity contribution >= 4 is 5.91 Å². The lowest BCUT2D eigenvalue weighted by Gasteiger charge is -2.29. The molecule has 1 aliphatic heterocycles. The maximum Gasteiger partial charge on any atom is 0.221 e. The molecule has 1 unspecified atom stereocenters. The fraction of sp³-hybridized carbons (Fsp3) is 0.923. The largest absolute Gasteiger partial charge is 0.378 e. The minimum Gasteiger partial charge on any atom is -0.378 e. The molecule has 1 amide bonds. The van der Waals surface area contributed by atoms with E-state index in [2.05, 4.69) is 29.4 Å². The van der Waals surface area contributed by atoms with Gasteiger partial charge in [0, 0.05) is 32.1 Å². The summed E-state index contributed by atoms with van der Waals surface area (Å²) in [5.41, 5.74) is 0.0929. The number of carbonyl (C=O) groups is 1. The van der Waals surface area contributed by atoms with Crippen LogP contribution in [0.2, 0.25) is 0 Å². The van der Waals surface area contributed by atoms with E-state index in [0.29, 0.717) is 19.6 Å². The Labute approximate surface area is 110 Å². The lowest BCUT2D eigenvalue weighted by Crippen LogP contribution is -2.46. The van der Waals surface area contributed by atoms with Gasteiger partial charge in [-0.15, -0.1) is 0 Å². The van der Waals surface area contributed by atoms with E-state index in [4.69, 9.17) is 4.74 Å². The molecule has 5 nitrogen and oxygen atoms in total. The normalized spacial score (nSPS) is 21.1. The highest BCUT2D eigenvalue weighted by Crippen LogP contribution is 2.14. The molecule has 0 aromatic heterocycles. The molecule has 0 aromatic carbocycles. The molecule has 1 fully saturated rings. The third-order valence-corrected chi connectivity index (χ3v) is 2.94. The van der Waals surface area contributed by atoms with E-state index in [9.17, 15) is 4.79 Å². The van der Waals surface area contributed by atoms with Gasteiger partial charge in [0.05, 0.1) is 13.2 Å². The van der Waals surface area contributed by atoms with Gasteiger partial charge in [-0.25, -0.2) is 0 Å². The molecule has 1 atom stereocenters. The SMILES string of the molecule is CN(C)CC(C)(C)CNC(=O)CC1COCCN1. The van der Waals surface area contributed by atoms with E-state index in [0.717, 1.165) is 19.7 Å². The topological polar surface area (TPSA) is 53.6 Å². The molecule has 0 spiro atoms. The second-order valence-electron chi connectivity index (χ2n) is 6.11. The molecule has 1 aliphatic rings. The lowest BCUT2D eigenvalue weighted by molar-refractivity contribution is -0.122. The molecule has 0 saturated carbocycles. The molecule has 1 heterocycles. The van der Waals surface area contributed by atoms with Crippen LogP contribution in [0.1, 0.15) is 20.3 Å². The summed E-state index contributed by atoms with van der Waals surface area (Å²) in [5.74, 6) is 0.102. The molecule has 1 saturated heterocycles. The maximum atomic E-state index is 11.8. The summed E-state index contributed by atoms with van der Waals surface area (Å²) in [6.45, 7) is 8.20. The summed E-state index contributed by atoms with van der Waals surface area (Å²) in [7, 11) is 4.10. The lowest BCUT2D eigenvalue weighted by atomic mass is 9.93. The average Bonchev–Trinajstić information content (AvgIpc) is 2.26. The second-order valence-corrected chi connectivity index (χ2v) is 6.11. The number of hydrogen-bond donors (Lipinski definition) is 2. The van der Waals surface area contributed by atoms with Gasteiger partial charge in [-0.3, -0.25) is 4.79 Å². The molecule has 1 rings (SSSR count). The Kier molecular flexibility index (Phi) is 6.05. The number of nitrogens with zero attached hydrogens (tertiary/aromatic N) is 1. The van der Waals surface area contributed by atoms with Crippen molar-refractivity contribution in [1.82, 2.24) is 15.5 Å². The number of nitrogens with one attached hydrogen (secondary N) is 2.